The smallest absolute Gasteiger partial charge is 0.315 e. The molecule has 0 unspecified atom stereocenters. The van der Waals surface area contributed by atoms with Crippen LogP contribution in [0.25, 0.3) is 0 Å². The zero-order valence-electron chi connectivity index (χ0n) is 14.6. The number of hydrogen-bond donors (Lipinski definition) is 1. The Kier molecular flexibility index (Phi) is 6.19. The Morgan fingerprint density at radius 1 is 1.23 bits per heavy atom. The van der Waals surface area contributed by atoms with Crippen molar-refractivity contribution in [3.63, 3.8) is 0 Å². The molecule has 2 aliphatic rings. The van der Waals surface area contributed by atoms with Crippen molar-refractivity contribution in [3.05, 3.63) is 35.9 Å². The predicted octanol–water partition coefficient (Wildman–Crippen LogP) is 2.18. The summed E-state index contributed by atoms with van der Waals surface area (Å²) >= 11 is 0. The predicted molar refractivity (Wildman–Crippen MR) is 91.9 cm³/mol. The Morgan fingerprint density at radius 2 is 2.00 bits per heavy atom. The van der Waals surface area contributed by atoms with Crippen molar-refractivity contribution < 1.29 is 23.1 Å². The lowest BCUT2D eigenvalue weighted by molar-refractivity contribution is -0.147. The molecule has 3 atom stereocenters. The molecule has 0 aromatic heterocycles. The molecule has 0 radical (unpaired) electrons. The topological polar surface area (TPSA) is 58.6 Å². The summed E-state index contributed by atoms with van der Waals surface area (Å²) in [5, 5.41) is 2.24. The first-order valence-electron chi connectivity index (χ1n) is 9.07. The molecule has 2 heterocycles. The molecule has 2 aliphatic heterocycles. The Balaban J connectivity index is 1.59. The van der Waals surface area contributed by atoms with Crippen molar-refractivity contribution in [2.75, 3.05) is 26.2 Å². The molecule has 7 heteroatoms. The van der Waals surface area contributed by atoms with Crippen LogP contribution in [0.15, 0.2) is 30.3 Å². The third-order valence-electron chi connectivity index (χ3n) is 5.15. The minimum atomic E-state index is -3.00. The molecular formula is C19H24F2N2O3. The summed E-state index contributed by atoms with van der Waals surface area (Å²) in [6.07, 6.45) is -0.983. The molecule has 3 rings (SSSR count). The van der Waals surface area contributed by atoms with Gasteiger partial charge in [0, 0.05) is 32.2 Å². The van der Waals surface area contributed by atoms with Crippen LogP contribution in [-0.2, 0) is 14.3 Å². The average molecular weight is 366 g/mol. The standard InChI is InChI=1S/C19H24F2N2O3/c20-17(21)18(24)22-11-13-8-9-23(12-13)19(25)16-15(7-4-10-26-16)14-5-2-1-3-6-14/h1-3,5-6,13,15-17H,4,7-12H2,(H,22,24)/t13-,15+,16+/m0/s1. The SMILES string of the molecule is O=C(NC[C@@H]1CCN(C(=O)[C@@H]2OCCC[C@@H]2c2ccccc2)C1)C(F)F. The first-order chi connectivity index (χ1) is 12.6. The largest absolute Gasteiger partial charge is 0.368 e. The molecule has 1 aromatic rings. The van der Waals surface area contributed by atoms with Crippen LogP contribution in [0.4, 0.5) is 8.78 Å². The van der Waals surface area contributed by atoms with E-state index in [4.69, 9.17) is 4.74 Å². The maximum Gasteiger partial charge on any atom is 0.315 e. The van der Waals surface area contributed by atoms with E-state index in [1.807, 2.05) is 30.3 Å². The van der Waals surface area contributed by atoms with Gasteiger partial charge >= 0.3 is 6.43 Å². The number of likely N-dealkylation sites (tertiary alicyclic amines) is 1. The molecule has 2 fully saturated rings. The van der Waals surface area contributed by atoms with E-state index in [-0.39, 0.29) is 24.3 Å². The van der Waals surface area contributed by atoms with Crippen LogP contribution in [0.5, 0.6) is 0 Å². The molecule has 0 spiro atoms. The second-order valence-corrected chi connectivity index (χ2v) is 6.94. The minimum absolute atomic E-state index is 0.000385. The third kappa shape index (κ3) is 4.38. The number of rotatable bonds is 5. The fourth-order valence-electron chi connectivity index (χ4n) is 3.77. The van der Waals surface area contributed by atoms with Crippen LogP contribution in [0, 0.1) is 5.92 Å². The van der Waals surface area contributed by atoms with E-state index in [2.05, 4.69) is 5.32 Å². The summed E-state index contributed by atoms with van der Waals surface area (Å²) in [6.45, 7) is 1.77. The molecule has 0 saturated carbocycles. The highest BCUT2D eigenvalue weighted by Crippen LogP contribution is 2.33. The van der Waals surface area contributed by atoms with Crippen molar-refractivity contribution in [3.8, 4) is 0 Å². The molecule has 2 amide bonds. The number of carbonyl (C=O) groups excluding carboxylic acids is 2. The maximum absolute atomic E-state index is 13.0. The Morgan fingerprint density at radius 3 is 2.73 bits per heavy atom. The maximum atomic E-state index is 13.0. The number of alkyl halides is 2. The van der Waals surface area contributed by atoms with E-state index in [0.717, 1.165) is 18.4 Å². The van der Waals surface area contributed by atoms with Gasteiger partial charge in [0.15, 0.2) is 0 Å². The highest BCUT2D eigenvalue weighted by molar-refractivity contribution is 5.82. The normalized spacial score (nSPS) is 26.1. The molecule has 2 saturated heterocycles. The molecule has 1 N–H and O–H groups in total. The Hall–Kier alpha value is -2.02. The Bertz CT molecular complexity index is 626. The Labute approximate surface area is 151 Å². The summed E-state index contributed by atoms with van der Waals surface area (Å²) in [6, 6.07) is 9.91. The van der Waals surface area contributed by atoms with Gasteiger partial charge in [0.1, 0.15) is 6.10 Å². The molecule has 0 bridgehead atoms. The van der Waals surface area contributed by atoms with E-state index in [9.17, 15) is 18.4 Å². The number of nitrogens with one attached hydrogen (secondary N) is 1. The fourth-order valence-corrected chi connectivity index (χ4v) is 3.77. The summed E-state index contributed by atoms with van der Waals surface area (Å²) in [5.74, 6) is -1.26. The van der Waals surface area contributed by atoms with Crippen molar-refractivity contribution in [1.29, 1.82) is 0 Å². The monoisotopic (exact) mass is 366 g/mol. The van der Waals surface area contributed by atoms with Gasteiger partial charge in [0.2, 0.25) is 0 Å². The molecule has 142 valence electrons. The van der Waals surface area contributed by atoms with Crippen LogP contribution >= 0.6 is 0 Å². The molecule has 5 nitrogen and oxygen atoms in total. The number of ether oxygens (including phenoxy) is 1. The summed E-state index contributed by atoms with van der Waals surface area (Å²) in [4.78, 5) is 25.7. The van der Waals surface area contributed by atoms with E-state index in [1.165, 1.54) is 0 Å². The zero-order valence-corrected chi connectivity index (χ0v) is 14.6. The van der Waals surface area contributed by atoms with Crippen LogP contribution in [-0.4, -0.2) is 55.5 Å². The lowest BCUT2D eigenvalue weighted by atomic mass is 9.86. The van der Waals surface area contributed by atoms with Gasteiger partial charge in [-0.15, -0.1) is 0 Å². The number of amides is 2. The number of benzene rings is 1. The van der Waals surface area contributed by atoms with Crippen LogP contribution in [0.3, 0.4) is 0 Å². The van der Waals surface area contributed by atoms with Crippen molar-refractivity contribution in [2.24, 2.45) is 5.92 Å². The van der Waals surface area contributed by atoms with Gasteiger partial charge in [0.05, 0.1) is 0 Å². The lowest BCUT2D eigenvalue weighted by Gasteiger charge is -2.33. The minimum Gasteiger partial charge on any atom is -0.368 e. The number of nitrogens with zero attached hydrogens (tertiary/aromatic N) is 1. The number of halogens is 2. The molecule has 1 aromatic carbocycles. The van der Waals surface area contributed by atoms with Crippen molar-refractivity contribution >= 4 is 11.8 Å². The van der Waals surface area contributed by atoms with E-state index < -0.39 is 18.4 Å². The van der Waals surface area contributed by atoms with Gasteiger partial charge in [-0.2, -0.15) is 8.78 Å². The average Bonchev–Trinajstić information content (AvgIpc) is 3.15. The molecule has 0 aliphatic carbocycles. The highest BCUT2D eigenvalue weighted by atomic mass is 19.3. The van der Waals surface area contributed by atoms with E-state index >= 15 is 0 Å². The van der Waals surface area contributed by atoms with Gasteiger partial charge in [-0.3, -0.25) is 9.59 Å². The van der Waals surface area contributed by atoms with Crippen molar-refractivity contribution in [1.82, 2.24) is 10.2 Å². The van der Waals surface area contributed by atoms with Gasteiger partial charge in [-0.05, 0) is 30.7 Å². The van der Waals surface area contributed by atoms with Gasteiger partial charge in [-0.1, -0.05) is 30.3 Å². The van der Waals surface area contributed by atoms with Crippen LogP contribution < -0.4 is 5.32 Å². The quantitative estimate of drug-likeness (QED) is 0.869. The second kappa shape index (κ2) is 8.58. The molecule has 26 heavy (non-hydrogen) atoms. The van der Waals surface area contributed by atoms with Crippen LogP contribution in [0.2, 0.25) is 0 Å². The van der Waals surface area contributed by atoms with Gasteiger partial charge < -0.3 is 15.0 Å². The number of hydrogen-bond acceptors (Lipinski definition) is 3. The highest BCUT2D eigenvalue weighted by Gasteiger charge is 2.38. The van der Waals surface area contributed by atoms with Gasteiger partial charge in [-0.25, -0.2) is 0 Å². The molecular weight excluding hydrogens is 342 g/mol. The zero-order chi connectivity index (χ0) is 18.5. The first-order valence-corrected chi connectivity index (χ1v) is 9.07. The lowest BCUT2D eigenvalue weighted by Crippen LogP contribution is -2.44. The summed E-state index contributed by atoms with van der Waals surface area (Å²) < 4.78 is 30.3. The van der Waals surface area contributed by atoms with Crippen LogP contribution in [0.1, 0.15) is 30.7 Å². The second-order valence-electron chi connectivity index (χ2n) is 6.94. The van der Waals surface area contributed by atoms with E-state index in [1.54, 1.807) is 4.90 Å². The van der Waals surface area contributed by atoms with Crippen molar-refractivity contribution in [2.45, 2.75) is 37.7 Å². The third-order valence-corrected chi connectivity index (χ3v) is 5.15. The van der Waals surface area contributed by atoms with Gasteiger partial charge in [0.25, 0.3) is 11.8 Å². The number of carbonyl (C=O) groups is 2. The summed E-state index contributed by atoms with van der Waals surface area (Å²) in [7, 11) is 0. The first kappa shape index (κ1) is 18.8. The van der Waals surface area contributed by atoms with E-state index in [0.29, 0.717) is 26.1 Å². The fraction of sp³-hybridized carbons (Fsp3) is 0.579. The summed E-state index contributed by atoms with van der Waals surface area (Å²) in [5.41, 5.74) is 1.10.